The van der Waals surface area contributed by atoms with Gasteiger partial charge in [0.15, 0.2) is 5.78 Å². The zero-order valence-electron chi connectivity index (χ0n) is 11.0. The lowest BCUT2D eigenvalue weighted by Crippen LogP contribution is -2.32. The largest absolute Gasteiger partial charge is 0.481 e. The second kappa shape index (κ2) is 6.24. The number of rotatable bonds is 4. The molecule has 0 unspecified atom stereocenters. The molecule has 0 aliphatic heterocycles. The fraction of sp³-hybridized carbons (Fsp3) is 0.467. The van der Waals surface area contributed by atoms with Crippen molar-refractivity contribution >= 4 is 23.5 Å². The molecule has 1 aliphatic carbocycles. The molecule has 1 aromatic rings. The third-order valence-corrected chi connectivity index (χ3v) is 4.54. The van der Waals surface area contributed by atoms with Crippen LogP contribution in [0.2, 0.25) is 0 Å². The standard InChI is InChI=1S/C15H18O3S/c1-19-11-8-6-10(7-9-11)14(16)12-4-2-3-5-13(12)15(17)18/h6-9,12-13H,2-5H2,1H3,(H,17,18)/t12-,13-/m1/s1. The molecular formula is C15H18O3S. The minimum atomic E-state index is -0.834. The average molecular weight is 278 g/mol. The first-order chi connectivity index (χ1) is 9.13. The van der Waals surface area contributed by atoms with E-state index in [1.807, 2.05) is 30.5 Å². The van der Waals surface area contributed by atoms with Gasteiger partial charge in [0.05, 0.1) is 5.92 Å². The molecule has 0 bridgehead atoms. The summed E-state index contributed by atoms with van der Waals surface area (Å²) in [6.07, 6.45) is 5.16. The van der Waals surface area contributed by atoms with Gasteiger partial charge in [0.2, 0.25) is 0 Å². The summed E-state index contributed by atoms with van der Waals surface area (Å²) >= 11 is 1.62. The van der Waals surface area contributed by atoms with Gasteiger partial charge in [-0.1, -0.05) is 25.0 Å². The first kappa shape index (κ1) is 14.1. The van der Waals surface area contributed by atoms with Crippen molar-refractivity contribution in [3.05, 3.63) is 29.8 Å². The Labute approximate surface area is 117 Å². The van der Waals surface area contributed by atoms with Crippen LogP contribution in [0.15, 0.2) is 29.2 Å². The van der Waals surface area contributed by atoms with E-state index in [1.165, 1.54) is 0 Å². The number of hydrogen-bond donors (Lipinski definition) is 1. The zero-order valence-corrected chi connectivity index (χ0v) is 11.8. The molecule has 0 aromatic heterocycles. The van der Waals surface area contributed by atoms with E-state index in [1.54, 1.807) is 11.8 Å². The van der Waals surface area contributed by atoms with Crippen molar-refractivity contribution in [2.75, 3.05) is 6.26 Å². The number of aliphatic carboxylic acids is 1. The predicted molar refractivity (Wildman–Crippen MR) is 75.6 cm³/mol. The van der Waals surface area contributed by atoms with Crippen molar-refractivity contribution in [3.63, 3.8) is 0 Å². The van der Waals surface area contributed by atoms with E-state index in [4.69, 9.17) is 0 Å². The summed E-state index contributed by atoms with van der Waals surface area (Å²) in [7, 11) is 0. The lowest BCUT2D eigenvalue weighted by Gasteiger charge is -2.27. The molecule has 1 aliphatic rings. The molecule has 0 amide bonds. The topological polar surface area (TPSA) is 54.4 Å². The van der Waals surface area contributed by atoms with E-state index in [-0.39, 0.29) is 11.7 Å². The minimum absolute atomic E-state index is 0.0141. The second-order valence-corrected chi connectivity index (χ2v) is 5.81. The number of carboxylic acids is 1. The Morgan fingerprint density at radius 2 is 1.68 bits per heavy atom. The van der Waals surface area contributed by atoms with Gasteiger partial charge in [-0.15, -0.1) is 11.8 Å². The highest BCUT2D eigenvalue weighted by atomic mass is 32.2. The van der Waals surface area contributed by atoms with Gasteiger partial charge in [0.1, 0.15) is 0 Å². The normalized spacial score (nSPS) is 23.0. The fourth-order valence-electron chi connectivity index (χ4n) is 2.71. The van der Waals surface area contributed by atoms with Gasteiger partial charge in [-0.2, -0.15) is 0 Å². The molecule has 0 heterocycles. The summed E-state index contributed by atoms with van der Waals surface area (Å²) < 4.78 is 0. The Hall–Kier alpha value is -1.29. The molecule has 2 rings (SSSR count). The number of hydrogen-bond acceptors (Lipinski definition) is 3. The van der Waals surface area contributed by atoms with E-state index in [0.717, 1.165) is 17.7 Å². The Balaban J connectivity index is 2.18. The summed E-state index contributed by atoms with van der Waals surface area (Å²) in [4.78, 5) is 24.8. The number of carboxylic acid groups (broad SMARTS) is 1. The molecule has 0 radical (unpaired) electrons. The van der Waals surface area contributed by atoms with Crippen molar-refractivity contribution in [2.45, 2.75) is 30.6 Å². The molecule has 0 spiro atoms. The summed E-state index contributed by atoms with van der Waals surface area (Å²) in [5, 5.41) is 9.23. The van der Waals surface area contributed by atoms with Gasteiger partial charge >= 0.3 is 5.97 Å². The maximum atomic E-state index is 12.4. The molecule has 4 heteroatoms. The van der Waals surface area contributed by atoms with Crippen LogP contribution < -0.4 is 0 Å². The van der Waals surface area contributed by atoms with Crippen LogP contribution in [0.4, 0.5) is 0 Å². The molecule has 1 aromatic carbocycles. The number of carbonyl (C=O) groups excluding carboxylic acids is 1. The van der Waals surface area contributed by atoms with Crippen LogP contribution in [0.5, 0.6) is 0 Å². The first-order valence-corrected chi connectivity index (χ1v) is 7.77. The van der Waals surface area contributed by atoms with Crippen LogP contribution in [-0.4, -0.2) is 23.1 Å². The predicted octanol–water partition coefficient (Wildman–Crippen LogP) is 3.48. The smallest absolute Gasteiger partial charge is 0.307 e. The zero-order chi connectivity index (χ0) is 13.8. The second-order valence-electron chi connectivity index (χ2n) is 4.93. The third kappa shape index (κ3) is 3.18. The summed E-state index contributed by atoms with van der Waals surface area (Å²) in [5.41, 5.74) is 0.635. The van der Waals surface area contributed by atoms with E-state index >= 15 is 0 Å². The number of Topliss-reactive ketones (excluding diaryl/α,β-unsaturated/α-hetero) is 1. The first-order valence-electron chi connectivity index (χ1n) is 6.54. The number of benzene rings is 1. The Morgan fingerprint density at radius 3 is 2.21 bits per heavy atom. The van der Waals surface area contributed by atoms with Crippen molar-refractivity contribution in [3.8, 4) is 0 Å². The number of ketones is 1. The van der Waals surface area contributed by atoms with Gasteiger partial charge in [0, 0.05) is 16.4 Å². The summed E-state index contributed by atoms with van der Waals surface area (Å²) in [6.45, 7) is 0. The van der Waals surface area contributed by atoms with Crippen molar-refractivity contribution < 1.29 is 14.7 Å². The van der Waals surface area contributed by atoms with Crippen molar-refractivity contribution in [1.82, 2.24) is 0 Å². The van der Waals surface area contributed by atoms with Gasteiger partial charge < -0.3 is 5.11 Å². The third-order valence-electron chi connectivity index (χ3n) is 3.79. The quantitative estimate of drug-likeness (QED) is 0.676. The Bertz CT molecular complexity index is 467. The Kier molecular flexibility index (Phi) is 4.64. The van der Waals surface area contributed by atoms with Crippen molar-refractivity contribution in [1.29, 1.82) is 0 Å². The molecule has 0 saturated heterocycles. The highest BCUT2D eigenvalue weighted by Crippen LogP contribution is 2.33. The molecule has 1 N–H and O–H groups in total. The molecule has 1 fully saturated rings. The molecule has 19 heavy (non-hydrogen) atoms. The average Bonchev–Trinajstić information content (AvgIpc) is 2.46. The van der Waals surface area contributed by atoms with Crippen LogP contribution in [0.25, 0.3) is 0 Å². The van der Waals surface area contributed by atoms with Crippen LogP contribution in [0, 0.1) is 11.8 Å². The van der Waals surface area contributed by atoms with E-state index in [9.17, 15) is 14.7 Å². The highest BCUT2D eigenvalue weighted by Gasteiger charge is 2.35. The molecule has 1 saturated carbocycles. The van der Waals surface area contributed by atoms with Gasteiger partial charge in [-0.05, 0) is 31.2 Å². The van der Waals surface area contributed by atoms with Gasteiger partial charge in [-0.25, -0.2) is 0 Å². The van der Waals surface area contributed by atoms with Crippen molar-refractivity contribution in [2.24, 2.45) is 11.8 Å². The van der Waals surface area contributed by atoms with Crippen LogP contribution in [0.1, 0.15) is 36.0 Å². The van der Waals surface area contributed by atoms with Gasteiger partial charge in [0.25, 0.3) is 0 Å². The maximum Gasteiger partial charge on any atom is 0.307 e. The SMILES string of the molecule is CSc1ccc(C(=O)[C@@H]2CCCC[C@H]2C(=O)O)cc1. The molecule has 102 valence electrons. The monoisotopic (exact) mass is 278 g/mol. The fourth-order valence-corrected chi connectivity index (χ4v) is 3.12. The number of carbonyl (C=O) groups is 2. The molecular weight excluding hydrogens is 260 g/mol. The lowest BCUT2D eigenvalue weighted by atomic mass is 9.75. The van der Waals surface area contributed by atoms with Crippen LogP contribution in [-0.2, 0) is 4.79 Å². The van der Waals surface area contributed by atoms with Gasteiger partial charge in [-0.3, -0.25) is 9.59 Å². The summed E-state index contributed by atoms with van der Waals surface area (Å²) in [6, 6.07) is 7.44. The maximum absolute atomic E-state index is 12.4. The number of thioether (sulfide) groups is 1. The summed E-state index contributed by atoms with van der Waals surface area (Å²) in [5.74, 6) is -1.72. The minimum Gasteiger partial charge on any atom is -0.481 e. The van der Waals surface area contributed by atoms with Crippen LogP contribution in [0.3, 0.4) is 0 Å². The highest BCUT2D eigenvalue weighted by molar-refractivity contribution is 7.98. The van der Waals surface area contributed by atoms with E-state index in [2.05, 4.69) is 0 Å². The van der Waals surface area contributed by atoms with E-state index < -0.39 is 11.9 Å². The molecule has 2 atom stereocenters. The van der Waals surface area contributed by atoms with E-state index in [0.29, 0.717) is 18.4 Å². The Morgan fingerprint density at radius 1 is 1.11 bits per heavy atom. The van der Waals surface area contributed by atoms with Crippen LogP contribution >= 0.6 is 11.8 Å². The lowest BCUT2D eigenvalue weighted by molar-refractivity contribution is -0.144. The molecule has 3 nitrogen and oxygen atoms in total.